The summed E-state index contributed by atoms with van der Waals surface area (Å²) >= 11 is 3.49. The van der Waals surface area contributed by atoms with Crippen molar-refractivity contribution in [3.63, 3.8) is 0 Å². The predicted molar refractivity (Wildman–Crippen MR) is 63.9 cm³/mol. The Morgan fingerprint density at radius 1 is 1.57 bits per heavy atom. The molecule has 1 aromatic rings. The molecule has 0 aromatic heterocycles. The van der Waals surface area contributed by atoms with Gasteiger partial charge >= 0.3 is 0 Å². The molecule has 0 heterocycles. The van der Waals surface area contributed by atoms with Gasteiger partial charge in [0.25, 0.3) is 0 Å². The molecule has 1 aromatic carbocycles. The van der Waals surface area contributed by atoms with Crippen LogP contribution in [0, 0.1) is 19.3 Å². The van der Waals surface area contributed by atoms with Gasteiger partial charge in [0.2, 0.25) is 0 Å². The van der Waals surface area contributed by atoms with E-state index in [-0.39, 0.29) is 6.04 Å². The number of rotatable bonds is 3. The zero-order valence-corrected chi connectivity index (χ0v) is 9.84. The van der Waals surface area contributed by atoms with Gasteiger partial charge in [-0.15, -0.1) is 12.3 Å². The van der Waals surface area contributed by atoms with Gasteiger partial charge in [-0.3, -0.25) is 0 Å². The quantitative estimate of drug-likeness (QED) is 0.821. The molecule has 0 fully saturated rings. The van der Waals surface area contributed by atoms with Crippen LogP contribution in [0.15, 0.2) is 22.7 Å². The van der Waals surface area contributed by atoms with Crippen LogP contribution in [-0.2, 0) is 0 Å². The first-order valence-electron chi connectivity index (χ1n) is 4.61. The van der Waals surface area contributed by atoms with Crippen molar-refractivity contribution in [2.75, 3.05) is 0 Å². The molecule has 0 aliphatic carbocycles. The molecule has 1 atom stereocenters. The predicted octanol–water partition coefficient (Wildman–Crippen LogP) is 3.17. The second kappa shape index (κ2) is 5.19. The second-order valence-electron chi connectivity index (χ2n) is 3.30. The zero-order chi connectivity index (χ0) is 10.6. The summed E-state index contributed by atoms with van der Waals surface area (Å²) < 4.78 is 1.10. The van der Waals surface area contributed by atoms with Gasteiger partial charge in [-0.1, -0.05) is 28.1 Å². The third-order valence-electron chi connectivity index (χ3n) is 2.31. The Kier molecular flexibility index (Phi) is 4.19. The Labute approximate surface area is 93.8 Å². The summed E-state index contributed by atoms with van der Waals surface area (Å²) in [5.41, 5.74) is 8.42. The molecule has 0 saturated carbocycles. The number of hydrogen-bond acceptors (Lipinski definition) is 1. The maximum absolute atomic E-state index is 6.03. The molecule has 0 spiro atoms. The van der Waals surface area contributed by atoms with Gasteiger partial charge in [0.1, 0.15) is 0 Å². The van der Waals surface area contributed by atoms with Crippen LogP contribution in [0.3, 0.4) is 0 Å². The summed E-state index contributed by atoms with van der Waals surface area (Å²) in [6, 6.07) is 6.12. The van der Waals surface area contributed by atoms with Gasteiger partial charge in [0.15, 0.2) is 0 Å². The Balaban J connectivity index is 2.85. The van der Waals surface area contributed by atoms with Crippen molar-refractivity contribution in [2.24, 2.45) is 5.73 Å². The van der Waals surface area contributed by atoms with E-state index in [4.69, 9.17) is 12.2 Å². The minimum Gasteiger partial charge on any atom is -0.324 e. The maximum atomic E-state index is 6.03. The summed E-state index contributed by atoms with van der Waals surface area (Å²) in [6.07, 6.45) is 6.78. The van der Waals surface area contributed by atoms with E-state index in [0.717, 1.165) is 17.3 Å². The summed E-state index contributed by atoms with van der Waals surface area (Å²) in [4.78, 5) is 0. The third kappa shape index (κ3) is 2.60. The largest absolute Gasteiger partial charge is 0.324 e. The number of hydrogen-bond donors (Lipinski definition) is 1. The summed E-state index contributed by atoms with van der Waals surface area (Å²) in [5.74, 6) is 2.61. The number of benzene rings is 1. The molecule has 2 N–H and O–H groups in total. The molecule has 1 unspecified atom stereocenters. The van der Waals surface area contributed by atoms with Crippen molar-refractivity contribution in [3.8, 4) is 12.3 Å². The fourth-order valence-corrected chi connectivity index (χ4v) is 1.80. The average molecular weight is 252 g/mol. The Morgan fingerprint density at radius 3 is 2.93 bits per heavy atom. The lowest BCUT2D eigenvalue weighted by Gasteiger charge is -2.14. The Bertz CT molecular complexity index is 352. The van der Waals surface area contributed by atoms with Crippen LogP contribution in [0.25, 0.3) is 0 Å². The van der Waals surface area contributed by atoms with Gasteiger partial charge < -0.3 is 5.73 Å². The lowest BCUT2D eigenvalue weighted by atomic mass is 9.98. The molecule has 0 aliphatic heterocycles. The molecular formula is C12H14BrN. The molecule has 0 saturated heterocycles. The van der Waals surface area contributed by atoms with E-state index in [9.17, 15) is 0 Å². The van der Waals surface area contributed by atoms with Gasteiger partial charge in [-0.25, -0.2) is 0 Å². The Hall–Kier alpha value is -0.780. The maximum Gasteiger partial charge on any atom is 0.0307 e. The van der Waals surface area contributed by atoms with Crippen LogP contribution in [0.5, 0.6) is 0 Å². The highest BCUT2D eigenvalue weighted by Crippen LogP contribution is 2.25. The van der Waals surface area contributed by atoms with Crippen molar-refractivity contribution >= 4 is 15.9 Å². The highest BCUT2D eigenvalue weighted by Gasteiger charge is 2.09. The van der Waals surface area contributed by atoms with E-state index in [1.807, 2.05) is 12.1 Å². The summed E-state index contributed by atoms with van der Waals surface area (Å²) in [6.45, 7) is 2.06. The van der Waals surface area contributed by atoms with Crippen molar-refractivity contribution < 1.29 is 0 Å². The lowest BCUT2D eigenvalue weighted by Crippen LogP contribution is -2.11. The fourth-order valence-electron chi connectivity index (χ4n) is 1.42. The highest BCUT2D eigenvalue weighted by molar-refractivity contribution is 9.10. The monoisotopic (exact) mass is 251 g/mol. The van der Waals surface area contributed by atoms with Gasteiger partial charge in [-0.05, 0) is 30.5 Å². The molecule has 0 aliphatic rings. The van der Waals surface area contributed by atoms with Gasteiger partial charge in [0, 0.05) is 16.9 Å². The van der Waals surface area contributed by atoms with Crippen LogP contribution in [0.2, 0.25) is 0 Å². The first-order valence-corrected chi connectivity index (χ1v) is 5.40. The van der Waals surface area contributed by atoms with Crippen LogP contribution in [0.4, 0.5) is 0 Å². The smallest absolute Gasteiger partial charge is 0.0307 e. The summed E-state index contributed by atoms with van der Waals surface area (Å²) in [5, 5.41) is 0. The van der Waals surface area contributed by atoms with Crippen molar-refractivity contribution in [1.29, 1.82) is 0 Å². The summed E-state index contributed by atoms with van der Waals surface area (Å²) in [7, 11) is 0. The van der Waals surface area contributed by atoms with E-state index in [2.05, 4.69) is 34.8 Å². The van der Waals surface area contributed by atoms with Crippen LogP contribution >= 0.6 is 15.9 Å². The molecular weight excluding hydrogens is 238 g/mol. The first kappa shape index (κ1) is 11.3. The third-order valence-corrected chi connectivity index (χ3v) is 3.17. The second-order valence-corrected chi connectivity index (χ2v) is 4.16. The van der Waals surface area contributed by atoms with E-state index >= 15 is 0 Å². The van der Waals surface area contributed by atoms with E-state index < -0.39 is 0 Å². The van der Waals surface area contributed by atoms with Crippen LogP contribution < -0.4 is 5.73 Å². The highest BCUT2D eigenvalue weighted by atomic mass is 79.9. The van der Waals surface area contributed by atoms with Gasteiger partial charge in [0.05, 0.1) is 0 Å². The zero-order valence-electron chi connectivity index (χ0n) is 8.26. The topological polar surface area (TPSA) is 26.0 Å². The van der Waals surface area contributed by atoms with Crippen LogP contribution in [0.1, 0.15) is 30.0 Å². The first-order chi connectivity index (χ1) is 6.66. The average Bonchev–Trinajstić information content (AvgIpc) is 2.18. The molecule has 2 heteroatoms. The van der Waals surface area contributed by atoms with E-state index in [0.29, 0.717) is 0 Å². The Morgan fingerprint density at radius 2 is 2.29 bits per heavy atom. The molecule has 0 radical (unpaired) electrons. The lowest BCUT2D eigenvalue weighted by molar-refractivity contribution is 0.663. The molecule has 74 valence electrons. The molecule has 14 heavy (non-hydrogen) atoms. The normalized spacial score (nSPS) is 12.1. The molecule has 0 amide bonds. The minimum atomic E-state index is 0.0450. The van der Waals surface area contributed by atoms with Gasteiger partial charge in [-0.2, -0.15) is 0 Å². The SMILES string of the molecule is C#CCCC(N)c1cccc(Br)c1C. The van der Waals surface area contributed by atoms with E-state index in [1.54, 1.807) is 0 Å². The van der Waals surface area contributed by atoms with E-state index in [1.165, 1.54) is 11.1 Å². The van der Waals surface area contributed by atoms with Crippen molar-refractivity contribution in [2.45, 2.75) is 25.8 Å². The molecule has 1 nitrogen and oxygen atoms in total. The fraction of sp³-hybridized carbons (Fsp3) is 0.333. The van der Waals surface area contributed by atoms with Crippen LogP contribution in [-0.4, -0.2) is 0 Å². The number of halogens is 1. The van der Waals surface area contributed by atoms with Crippen molar-refractivity contribution in [3.05, 3.63) is 33.8 Å². The number of nitrogens with two attached hydrogens (primary N) is 1. The minimum absolute atomic E-state index is 0.0450. The number of terminal acetylenes is 1. The molecule has 1 rings (SSSR count). The van der Waals surface area contributed by atoms with Crippen molar-refractivity contribution in [1.82, 2.24) is 0 Å². The standard InChI is InChI=1S/C12H14BrN/c1-3-4-8-12(14)10-6-5-7-11(13)9(10)2/h1,5-7,12H,4,8,14H2,2H3. The molecule has 0 bridgehead atoms.